The van der Waals surface area contributed by atoms with Crippen LogP contribution in [0, 0.1) is 0 Å². The molecule has 0 saturated carbocycles. The van der Waals surface area contributed by atoms with Crippen molar-refractivity contribution in [2.45, 2.75) is 12.8 Å². The lowest BCUT2D eigenvalue weighted by Crippen LogP contribution is -2.35. The third-order valence-electron chi connectivity index (χ3n) is 4.30. The molecule has 1 fully saturated rings. The van der Waals surface area contributed by atoms with Gasteiger partial charge in [0.05, 0.1) is 5.56 Å². The van der Waals surface area contributed by atoms with Gasteiger partial charge in [-0.2, -0.15) is 0 Å². The molecule has 0 bridgehead atoms. The number of halogens is 1. The Bertz CT molecular complexity index is 715. The summed E-state index contributed by atoms with van der Waals surface area (Å²) in [7, 11) is 1.84. The highest BCUT2D eigenvalue weighted by molar-refractivity contribution is 9.10. The van der Waals surface area contributed by atoms with E-state index in [0.29, 0.717) is 17.2 Å². The molecule has 2 aromatic rings. The Kier molecular flexibility index (Phi) is 6.04. The van der Waals surface area contributed by atoms with Crippen LogP contribution < -0.4 is 4.74 Å². The minimum atomic E-state index is -0.0132. The van der Waals surface area contributed by atoms with Gasteiger partial charge in [0.2, 0.25) is 5.88 Å². The molecule has 1 aliphatic rings. The van der Waals surface area contributed by atoms with Gasteiger partial charge in [-0.25, -0.2) is 4.98 Å². The zero-order chi connectivity index (χ0) is 17.6. The summed E-state index contributed by atoms with van der Waals surface area (Å²) in [6.07, 6.45) is 4.10. The van der Waals surface area contributed by atoms with Gasteiger partial charge in [-0.05, 0) is 50.2 Å². The maximum Gasteiger partial charge on any atom is 0.255 e. The van der Waals surface area contributed by atoms with E-state index in [0.717, 1.165) is 30.7 Å². The zero-order valence-electron chi connectivity index (χ0n) is 14.3. The van der Waals surface area contributed by atoms with Crippen LogP contribution in [-0.4, -0.2) is 53.9 Å². The molecule has 25 heavy (non-hydrogen) atoms. The SMILES string of the molecule is CN(CCN1CCCC1)C(=O)c1ccc(Oc2cccc(Br)c2)nc1. The quantitative estimate of drug-likeness (QED) is 0.735. The van der Waals surface area contributed by atoms with Gasteiger partial charge in [-0.15, -0.1) is 0 Å². The lowest BCUT2D eigenvalue weighted by Gasteiger charge is -2.21. The molecule has 6 heteroatoms. The summed E-state index contributed by atoms with van der Waals surface area (Å²) in [6.45, 7) is 3.95. The normalized spacial score (nSPS) is 14.5. The van der Waals surface area contributed by atoms with E-state index >= 15 is 0 Å². The highest BCUT2D eigenvalue weighted by atomic mass is 79.9. The molecule has 0 unspecified atom stereocenters. The first-order chi connectivity index (χ1) is 12.1. The number of nitrogens with zero attached hydrogens (tertiary/aromatic N) is 3. The summed E-state index contributed by atoms with van der Waals surface area (Å²) in [5.74, 6) is 1.15. The van der Waals surface area contributed by atoms with E-state index in [1.165, 1.54) is 12.8 Å². The zero-order valence-corrected chi connectivity index (χ0v) is 15.9. The van der Waals surface area contributed by atoms with Crippen molar-refractivity contribution >= 4 is 21.8 Å². The van der Waals surface area contributed by atoms with Crippen LogP contribution in [0.4, 0.5) is 0 Å². The largest absolute Gasteiger partial charge is 0.439 e. The van der Waals surface area contributed by atoms with E-state index in [-0.39, 0.29) is 5.91 Å². The average Bonchev–Trinajstić information content (AvgIpc) is 3.13. The average molecular weight is 404 g/mol. The van der Waals surface area contributed by atoms with Crippen molar-refractivity contribution in [3.63, 3.8) is 0 Å². The predicted molar refractivity (Wildman–Crippen MR) is 101 cm³/mol. The van der Waals surface area contributed by atoms with Crippen LogP contribution in [-0.2, 0) is 0 Å². The number of likely N-dealkylation sites (tertiary alicyclic amines) is 1. The van der Waals surface area contributed by atoms with Gasteiger partial charge in [0.1, 0.15) is 5.75 Å². The first-order valence-electron chi connectivity index (χ1n) is 8.49. The van der Waals surface area contributed by atoms with Crippen LogP contribution >= 0.6 is 15.9 Å². The second kappa shape index (κ2) is 8.45. The number of carbonyl (C=O) groups is 1. The van der Waals surface area contributed by atoms with Crippen LogP contribution in [0.5, 0.6) is 11.6 Å². The molecule has 3 rings (SSSR count). The van der Waals surface area contributed by atoms with Gasteiger partial charge < -0.3 is 14.5 Å². The molecule has 132 valence electrons. The maximum atomic E-state index is 12.5. The Morgan fingerprint density at radius 1 is 1.28 bits per heavy atom. The van der Waals surface area contributed by atoms with Gasteiger partial charge in [-0.3, -0.25) is 4.79 Å². The summed E-state index contributed by atoms with van der Waals surface area (Å²) in [4.78, 5) is 20.9. The number of carbonyl (C=O) groups excluding carboxylic acids is 1. The van der Waals surface area contributed by atoms with Crippen molar-refractivity contribution in [3.8, 4) is 11.6 Å². The Morgan fingerprint density at radius 3 is 2.76 bits per heavy atom. The number of amides is 1. The molecular weight excluding hydrogens is 382 g/mol. The van der Waals surface area contributed by atoms with Crippen LogP contribution in [0.3, 0.4) is 0 Å². The first kappa shape index (κ1) is 17.9. The van der Waals surface area contributed by atoms with Crippen LogP contribution in [0.2, 0.25) is 0 Å². The maximum absolute atomic E-state index is 12.5. The van der Waals surface area contributed by atoms with Crippen molar-refractivity contribution in [2.75, 3.05) is 33.2 Å². The van der Waals surface area contributed by atoms with Crippen LogP contribution in [0.25, 0.3) is 0 Å². The fourth-order valence-corrected chi connectivity index (χ4v) is 3.22. The fourth-order valence-electron chi connectivity index (χ4n) is 2.84. The molecule has 5 nitrogen and oxygen atoms in total. The molecule has 1 aromatic heterocycles. The van der Waals surface area contributed by atoms with Crippen molar-refractivity contribution in [1.29, 1.82) is 0 Å². The molecule has 0 atom stereocenters. The number of ether oxygens (including phenoxy) is 1. The van der Waals surface area contributed by atoms with Gasteiger partial charge >= 0.3 is 0 Å². The van der Waals surface area contributed by atoms with E-state index in [1.807, 2.05) is 31.3 Å². The summed E-state index contributed by atoms with van der Waals surface area (Å²) < 4.78 is 6.64. The summed E-state index contributed by atoms with van der Waals surface area (Å²) in [5.41, 5.74) is 0.575. The Balaban J connectivity index is 1.56. The van der Waals surface area contributed by atoms with Gasteiger partial charge in [0, 0.05) is 36.9 Å². The van der Waals surface area contributed by atoms with E-state index in [1.54, 1.807) is 23.2 Å². The van der Waals surface area contributed by atoms with Crippen molar-refractivity contribution in [1.82, 2.24) is 14.8 Å². The molecule has 1 amide bonds. The monoisotopic (exact) mass is 403 g/mol. The summed E-state index contributed by atoms with van der Waals surface area (Å²) >= 11 is 3.41. The topological polar surface area (TPSA) is 45.7 Å². The van der Waals surface area contributed by atoms with Crippen molar-refractivity contribution in [2.24, 2.45) is 0 Å². The number of rotatable bonds is 6. The van der Waals surface area contributed by atoms with Gasteiger partial charge in [-0.1, -0.05) is 22.0 Å². The van der Waals surface area contributed by atoms with E-state index < -0.39 is 0 Å². The minimum absolute atomic E-state index is 0.0132. The lowest BCUT2D eigenvalue weighted by molar-refractivity contribution is 0.0782. The summed E-state index contributed by atoms with van der Waals surface area (Å²) in [5, 5.41) is 0. The number of hydrogen-bond acceptors (Lipinski definition) is 4. The molecule has 2 heterocycles. The Morgan fingerprint density at radius 2 is 2.08 bits per heavy atom. The lowest BCUT2D eigenvalue weighted by atomic mass is 10.2. The molecule has 1 aromatic carbocycles. The van der Waals surface area contributed by atoms with E-state index in [9.17, 15) is 4.79 Å². The molecule has 0 radical (unpaired) electrons. The molecule has 0 spiro atoms. The number of aromatic nitrogens is 1. The fraction of sp³-hybridized carbons (Fsp3) is 0.368. The second-order valence-electron chi connectivity index (χ2n) is 6.22. The van der Waals surface area contributed by atoms with E-state index in [4.69, 9.17) is 4.74 Å². The second-order valence-corrected chi connectivity index (χ2v) is 7.14. The summed E-state index contributed by atoms with van der Waals surface area (Å²) in [6, 6.07) is 11.0. The molecule has 1 aliphatic heterocycles. The van der Waals surface area contributed by atoms with Crippen molar-refractivity contribution < 1.29 is 9.53 Å². The number of benzene rings is 1. The minimum Gasteiger partial charge on any atom is -0.439 e. The third-order valence-corrected chi connectivity index (χ3v) is 4.79. The standard InChI is InChI=1S/C19H22BrN3O2/c1-22(11-12-23-9-2-3-10-23)19(24)15-7-8-18(21-14-15)25-17-6-4-5-16(20)13-17/h4-8,13-14H,2-3,9-12H2,1H3. The highest BCUT2D eigenvalue weighted by Crippen LogP contribution is 2.23. The molecular formula is C19H22BrN3O2. The Labute approximate surface area is 156 Å². The third kappa shape index (κ3) is 5.03. The molecule has 1 saturated heterocycles. The first-order valence-corrected chi connectivity index (χ1v) is 9.28. The van der Waals surface area contributed by atoms with Crippen LogP contribution in [0.1, 0.15) is 23.2 Å². The smallest absolute Gasteiger partial charge is 0.255 e. The number of likely N-dealkylation sites (N-methyl/N-ethyl adjacent to an activating group) is 1. The highest BCUT2D eigenvalue weighted by Gasteiger charge is 2.16. The molecule has 0 N–H and O–H groups in total. The van der Waals surface area contributed by atoms with Gasteiger partial charge in [0.15, 0.2) is 0 Å². The van der Waals surface area contributed by atoms with Gasteiger partial charge in [0.25, 0.3) is 5.91 Å². The molecule has 0 aliphatic carbocycles. The number of pyridine rings is 1. The van der Waals surface area contributed by atoms with E-state index in [2.05, 4.69) is 25.8 Å². The Hall–Kier alpha value is -1.92. The predicted octanol–water partition coefficient (Wildman–Crippen LogP) is 3.80. The van der Waals surface area contributed by atoms with Crippen LogP contribution in [0.15, 0.2) is 47.1 Å². The van der Waals surface area contributed by atoms with Crippen molar-refractivity contribution in [3.05, 3.63) is 52.6 Å². The number of hydrogen-bond donors (Lipinski definition) is 0.